The van der Waals surface area contributed by atoms with E-state index in [4.69, 9.17) is 30.8 Å². The van der Waals surface area contributed by atoms with Crippen molar-refractivity contribution in [3.63, 3.8) is 0 Å². The number of sulfonamides is 2. The molecular formula is C34H43N4O7P2S2Y-. The number of carbonyl (C=O) groups excluding carboxylic acids is 2. The molecule has 2 aromatic rings. The molecule has 4 amide bonds. The zero-order valence-electron chi connectivity index (χ0n) is 28.6. The minimum Gasteiger partial charge on any atom is -0.392 e. The second kappa shape index (κ2) is 26.7. The van der Waals surface area contributed by atoms with Gasteiger partial charge in [0, 0.05) is 53.7 Å². The van der Waals surface area contributed by atoms with Crippen LogP contribution in [0, 0.1) is 60.9 Å². The Balaban J connectivity index is 0. The number of hydrogen-bond acceptors (Lipinski definition) is 7. The van der Waals surface area contributed by atoms with Gasteiger partial charge in [-0.15, -0.1) is 19.3 Å². The maximum absolute atomic E-state index is 11.8. The van der Waals surface area contributed by atoms with Crippen LogP contribution in [0.15, 0.2) is 58.3 Å². The van der Waals surface area contributed by atoms with Crippen molar-refractivity contribution in [1.29, 1.82) is 0 Å². The Morgan fingerprint density at radius 3 is 1.48 bits per heavy atom. The van der Waals surface area contributed by atoms with E-state index in [1.807, 2.05) is 36.9 Å². The van der Waals surface area contributed by atoms with E-state index >= 15 is 0 Å². The van der Waals surface area contributed by atoms with Crippen molar-refractivity contribution in [1.82, 2.24) is 20.1 Å². The Morgan fingerprint density at radius 2 is 1.16 bits per heavy atom. The van der Waals surface area contributed by atoms with Gasteiger partial charge >= 0.3 is 12.1 Å². The predicted octanol–water partition coefficient (Wildman–Crippen LogP) is 5.22. The third-order valence-electron chi connectivity index (χ3n) is 5.94. The second-order valence-electron chi connectivity index (χ2n) is 9.79. The number of rotatable bonds is 13. The molecule has 2 rings (SSSR count). The average Bonchev–Trinajstić information content (AvgIpc) is 3.07. The van der Waals surface area contributed by atoms with E-state index in [1.165, 1.54) is 36.4 Å². The molecule has 0 spiro atoms. The Labute approximate surface area is 326 Å². The van der Waals surface area contributed by atoms with Crippen molar-refractivity contribution in [2.24, 2.45) is 0 Å². The number of hydrogen-bond donors (Lipinski definition) is 5. The van der Waals surface area contributed by atoms with Crippen LogP contribution in [0.5, 0.6) is 0 Å². The van der Waals surface area contributed by atoms with Gasteiger partial charge in [-0.1, -0.05) is 86.8 Å². The molecule has 1 atom stereocenters. The largest absolute Gasteiger partial charge is 0.392 e. The summed E-state index contributed by atoms with van der Waals surface area (Å²) in [5, 5.41) is 14.6. The maximum atomic E-state index is 11.8. The fourth-order valence-corrected chi connectivity index (χ4v) is 7.56. The van der Waals surface area contributed by atoms with Gasteiger partial charge in [0.2, 0.25) is 0 Å². The second-order valence-corrected chi connectivity index (χ2v) is 17.0. The van der Waals surface area contributed by atoms with Gasteiger partial charge in [-0.25, -0.2) is 35.9 Å². The molecule has 16 heteroatoms. The first-order valence-corrected chi connectivity index (χ1v) is 20.9. The van der Waals surface area contributed by atoms with Crippen molar-refractivity contribution >= 4 is 48.0 Å². The van der Waals surface area contributed by atoms with Gasteiger partial charge in [0.25, 0.3) is 20.0 Å². The quantitative estimate of drug-likeness (QED) is 0.0798. The molecule has 0 heterocycles. The number of amides is 4. The predicted molar refractivity (Wildman–Crippen MR) is 199 cm³/mol. The summed E-state index contributed by atoms with van der Waals surface area (Å²) < 4.78 is 51.2. The monoisotopic (exact) mass is 834 g/mol. The van der Waals surface area contributed by atoms with Crippen LogP contribution in [0.1, 0.15) is 50.7 Å². The Hall–Kier alpha value is -3.09. The fraction of sp³-hybridized carbons (Fsp3) is 0.324. The summed E-state index contributed by atoms with van der Waals surface area (Å²) in [7, 11) is -9.42. The standard InChI is InChI=1S/C12H18N2O4S.C12H18N2O3S.C10H7P2.Y/c1-2-3-8-13-12(16)14-19(17,18)11-6-4-10(9-15)5-7-11;1-3-4-9-13-12(15)14-18(16,17)11-7-5-10(2)6-8-11;1-6-10(11(5)7-2)12(8-3)9-4;/h4-7,15H,2-3,8-9H2,1H3,(H2,13,14,16);5-8H,3-4,9H2,1-2H3,(H2,13,14,15);1-4H,5H3;/q;;-1;. The summed E-state index contributed by atoms with van der Waals surface area (Å²) in [6, 6.07) is 10.5. The molecule has 50 heavy (non-hydrogen) atoms. The van der Waals surface area contributed by atoms with Gasteiger partial charge in [-0.2, -0.15) is 0 Å². The molecule has 0 aliphatic heterocycles. The smallest absolute Gasteiger partial charge is 0.328 e. The van der Waals surface area contributed by atoms with Crippen LogP contribution in [-0.4, -0.2) is 53.8 Å². The van der Waals surface area contributed by atoms with Crippen LogP contribution < -0.4 is 20.1 Å². The van der Waals surface area contributed by atoms with Gasteiger partial charge in [0.15, 0.2) is 0 Å². The van der Waals surface area contributed by atoms with E-state index in [0.29, 0.717) is 18.7 Å². The topological polar surface area (TPSA) is 171 Å². The SMILES string of the molecule is C#C[C-](P(C)C#C)P(C#C)C#C.CCCCNC(=O)NS(=O)(=O)c1ccc(C)cc1.CCCCNC(=O)NS(=O)(=O)c1ccc(CO)cc1.[Y]. The molecule has 5 N–H and O–H groups in total. The Bertz CT molecular complexity index is 1720. The third kappa shape index (κ3) is 19.3. The molecule has 0 fully saturated rings. The van der Waals surface area contributed by atoms with E-state index < -0.39 is 48.0 Å². The van der Waals surface area contributed by atoms with Gasteiger partial charge < -0.3 is 22.2 Å². The van der Waals surface area contributed by atoms with Crippen molar-refractivity contribution < 1.29 is 64.2 Å². The minimum atomic E-state index is -3.87. The number of terminal acetylenes is 4. The summed E-state index contributed by atoms with van der Waals surface area (Å²) >= 11 is 0. The molecule has 11 nitrogen and oxygen atoms in total. The van der Waals surface area contributed by atoms with Crippen molar-refractivity contribution in [3.05, 3.63) is 65.1 Å². The van der Waals surface area contributed by atoms with Crippen LogP contribution in [0.4, 0.5) is 9.59 Å². The fourth-order valence-electron chi connectivity index (χ4n) is 3.21. The molecular weight excluding hydrogens is 791 g/mol. The summed E-state index contributed by atoms with van der Waals surface area (Å²) in [5.41, 5.74) is 9.11. The number of benzene rings is 2. The molecule has 0 bridgehead atoms. The molecule has 0 aromatic heterocycles. The van der Waals surface area contributed by atoms with Crippen molar-refractivity contribution in [2.45, 2.75) is 62.9 Å². The number of carbonyl (C=O) groups is 2. The zero-order chi connectivity index (χ0) is 37.5. The van der Waals surface area contributed by atoms with Crippen LogP contribution in [0.25, 0.3) is 0 Å². The molecule has 267 valence electrons. The van der Waals surface area contributed by atoms with Crippen molar-refractivity contribution in [3.8, 4) is 48.6 Å². The Morgan fingerprint density at radius 1 is 0.760 bits per heavy atom. The van der Waals surface area contributed by atoms with Crippen LogP contribution in [-0.2, 0) is 59.4 Å². The number of aliphatic hydroxyl groups is 1. The molecule has 1 radical (unpaired) electrons. The normalized spacial score (nSPS) is 10.6. The van der Waals surface area contributed by atoms with Gasteiger partial charge in [-0.05, 0) is 56.3 Å². The van der Waals surface area contributed by atoms with Crippen molar-refractivity contribution in [2.75, 3.05) is 19.8 Å². The first-order chi connectivity index (χ1) is 23.2. The van der Waals surface area contributed by atoms with Crippen LogP contribution in [0.2, 0.25) is 0 Å². The number of urea groups is 2. The maximum Gasteiger partial charge on any atom is 0.328 e. The van der Waals surface area contributed by atoms with E-state index in [2.05, 4.69) is 33.5 Å². The van der Waals surface area contributed by atoms with E-state index in [1.54, 1.807) is 12.1 Å². The molecule has 0 saturated carbocycles. The number of aryl methyl sites for hydroxylation is 1. The number of aliphatic hydroxyl groups excluding tert-OH is 1. The van der Waals surface area contributed by atoms with E-state index in [9.17, 15) is 26.4 Å². The minimum absolute atomic E-state index is 0. The van der Waals surface area contributed by atoms with E-state index in [-0.39, 0.29) is 49.1 Å². The molecule has 0 aliphatic rings. The van der Waals surface area contributed by atoms with Crippen LogP contribution >= 0.6 is 15.8 Å². The van der Waals surface area contributed by atoms with Gasteiger partial charge in [0.1, 0.15) is 0 Å². The first-order valence-electron chi connectivity index (χ1n) is 14.8. The first kappa shape index (κ1) is 49.0. The summed E-state index contributed by atoms with van der Waals surface area (Å²) in [5.74, 6) is 2.50. The van der Waals surface area contributed by atoms with Gasteiger partial charge in [0.05, 0.1) is 16.4 Å². The molecule has 2 aromatic carbocycles. The van der Waals surface area contributed by atoms with E-state index in [0.717, 1.165) is 36.6 Å². The zero-order valence-corrected chi connectivity index (χ0v) is 34.8. The molecule has 0 aliphatic carbocycles. The van der Waals surface area contributed by atoms with Crippen LogP contribution in [0.3, 0.4) is 0 Å². The summed E-state index contributed by atoms with van der Waals surface area (Å²) in [4.78, 5) is 22.8. The summed E-state index contributed by atoms with van der Waals surface area (Å²) in [6.07, 6.45) is 24.4. The summed E-state index contributed by atoms with van der Waals surface area (Å²) in [6.45, 7) is 8.44. The molecule has 1 unspecified atom stereocenters. The molecule has 0 saturated heterocycles. The number of nitrogens with one attached hydrogen (secondary N) is 4. The average molecular weight is 835 g/mol. The third-order valence-corrected chi connectivity index (χ3v) is 12.4. The number of unbranched alkanes of at least 4 members (excludes halogenated alkanes) is 2. The Kier molecular flexibility index (Phi) is 26.2. The van der Waals surface area contributed by atoms with Gasteiger partial charge in [-0.3, -0.25) is 5.92 Å².